The first-order chi connectivity index (χ1) is 10.1. The van der Waals surface area contributed by atoms with E-state index in [1.165, 1.54) is 11.1 Å². The first-order valence-electron chi connectivity index (χ1n) is 7.82. The number of nitrogens with two attached hydrogens (primary N) is 1. The van der Waals surface area contributed by atoms with Gasteiger partial charge < -0.3 is 20.9 Å². The highest BCUT2D eigenvalue weighted by Crippen LogP contribution is 2.37. The fourth-order valence-corrected chi connectivity index (χ4v) is 3.22. The molecule has 1 aliphatic carbocycles. The SMILES string of the molecule is COc1ccc2c(c1)C(CN)(NC(C)C(C)CO)CCC2. The van der Waals surface area contributed by atoms with Crippen LogP contribution in [0.5, 0.6) is 5.75 Å². The lowest BCUT2D eigenvalue weighted by atomic mass is 9.75. The smallest absolute Gasteiger partial charge is 0.119 e. The van der Waals surface area contributed by atoms with Crippen LogP contribution in [-0.2, 0) is 12.0 Å². The monoisotopic (exact) mass is 292 g/mol. The Morgan fingerprint density at radius 1 is 1.43 bits per heavy atom. The average molecular weight is 292 g/mol. The zero-order valence-corrected chi connectivity index (χ0v) is 13.4. The average Bonchev–Trinajstić information content (AvgIpc) is 2.53. The highest BCUT2D eigenvalue weighted by atomic mass is 16.5. The second-order valence-electron chi connectivity index (χ2n) is 6.26. The number of nitrogens with one attached hydrogen (secondary N) is 1. The molecule has 0 amide bonds. The van der Waals surface area contributed by atoms with Crippen molar-refractivity contribution in [3.8, 4) is 5.75 Å². The van der Waals surface area contributed by atoms with Crippen LogP contribution < -0.4 is 15.8 Å². The minimum absolute atomic E-state index is 0.180. The van der Waals surface area contributed by atoms with Crippen LogP contribution in [0.4, 0.5) is 0 Å². The lowest BCUT2D eigenvalue weighted by molar-refractivity contribution is 0.171. The summed E-state index contributed by atoms with van der Waals surface area (Å²) in [6, 6.07) is 6.49. The third-order valence-electron chi connectivity index (χ3n) is 4.88. The first kappa shape index (κ1) is 16.3. The van der Waals surface area contributed by atoms with Crippen LogP contribution in [0.1, 0.15) is 37.8 Å². The van der Waals surface area contributed by atoms with Gasteiger partial charge in [-0.25, -0.2) is 0 Å². The van der Waals surface area contributed by atoms with Gasteiger partial charge in [-0.2, -0.15) is 0 Å². The van der Waals surface area contributed by atoms with Gasteiger partial charge >= 0.3 is 0 Å². The van der Waals surface area contributed by atoms with E-state index in [2.05, 4.69) is 31.3 Å². The summed E-state index contributed by atoms with van der Waals surface area (Å²) in [7, 11) is 1.69. The van der Waals surface area contributed by atoms with Gasteiger partial charge in [0.1, 0.15) is 5.75 Å². The van der Waals surface area contributed by atoms with E-state index in [9.17, 15) is 5.11 Å². The molecule has 1 aromatic rings. The van der Waals surface area contributed by atoms with Gasteiger partial charge in [0, 0.05) is 19.2 Å². The fourth-order valence-electron chi connectivity index (χ4n) is 3.22. The Bertz CT molecular complexity index is 478. The van der Waals surface area contributed by atoms with Gasteiger partial charge in [-0.05, 0) is 55.4 Å². The number of aryl methyl sites for hydroxylation is 1. The summed E-state index contributed by atoms with van der Waals surface area (Å²) in [5.41, 5.74) is 8.56. The van der Waals surface area contributed by atoms with E-state index < -0.39 is 0 Å². The molecule has 4 N–H and O–H groups in total. The van der Waals surface area contributed by atoms with Crippen molar-refractivity contribution in [1.29, 1.82) is 0 Å². The predicted octanol–water partition coefficient (Wildman–Crippen LogP) is 1.79. The van der Waals surface area contributed by atoms with Crippen LogP contribution in [-0.4, -0.2) is 31.4 Å². The maximum Gasteiger partial charge on any atom is 0.119 e. The molecule has 0 radical (unpaired) electrons. The summed E-state index contributed by atoms with van der Waals surface area (Å²) >= 11 is 0. The van der Waals surface area contributed by atoms with Gasteiger partial charge in [0.05, 0.1) is 12.6 Å². The van der Waals surface area contributed by atoms with E-state index in [1.54, 1.807) is 7.11 Å². The van der Waals surface area contributed by atoms with Crippen LogP contribution in [0.3, 0.4) is 0 Å². The third kappa shape index (κ3) is 3.23. The van der Waals surface area contributed by atoms with E-state index in [1.807, 2.05) is 6.07 Å². The molecule has 0 bridgehead atoms. The van der Waals surface area contributed by atoms with Crippen molar-refractivity contribution in [2.75, 3.05) is 20.3 Å². The molecule has 0 fully saturated rings. The molecule has 1 aliphatic rings. The van der Waals surface area contributed by atoms with Crippen LogP contribution >= 0.6 is 0 Å². The number of aliphatic hydroxyl groups excluding tert-OH is 1. The fraction of sp³-hybridized carbons (Fsp3) is 0.647. The summed E-state index contributed by atoms with van der Waals surface area (Å²) in [6.07, 6.45) is 3.24. The van der Waals surface area contributed by atoms with Gasteiger partial charge in [0.25, 0.3) is 0 Å². The second kappa shape index (κ2) is 6.77. The van der Waals surface area contributed by atoms with Gasteiger partial charge in [0.2, 0.25) is 0 Å². The maximum absolute atomic E-state index is 9.38. The Morgan fingerprint density at radius 3 is 2.81 bits per heavy atom. The quantitative estimate of drug-likeness (QED) is 0.748. The molecule has 0 saturated carbocycles. The minimum atomic E-state index is -0.217. The molecule has 0 aromatic heterocycles. The van der Waals surface area contributed by atoms with E-state index in [0.29, 0.717) is 6.54 Å². The number of fused-ring (bicyclic) bond motifs is 1. The second-order valence-corrected chi connectivity index (χ2v) is 6.26. The first-order valence-corrected chi connectivity index (χ1v) is 7.82. The topological polar surface area (TPSA) is 67.5 Å². The van der Waals surface area contributed by atoms with E-state index in [0.717, 1.165) is 25.0 Å². The molecular formula is C17H28N2O2. The Hall–Kier alpha value is -1.10. The Kier molecular flexibility index (Phi) is 5.25. The van der Waals surface area contributed by atoms with Crippen molar-refractivity contribution in [3.63, 3.8) is 0 Å². The maximum atomic E-state index is 9.38. The standard InChI is InChI=1S/C17H28N2O2/c1-12(10-20)13(2)19-17(11-18)8-4-5-14-6-7-15(21-3)9-16(14)17/h6-7,9,12-13,19-20H,4-5,8,10-11,18H2,1-3H3. The molecule has 0 heterocycles. The molecule has 4 nitrogen and oxygen atoms in total. The molecule has 1 aromatic carbocycles. The number of rotatable bonds is 6. The molecule has 0 aliphatic heterocycles. The molecular weight excluding hydrogens is 264 g/mol. The van der Waals surface area contributed by atoms with Crippen LogP contribution in [0.15, 0.2) is 18.2 Å². The van der Waals surface area contributed by atoms with Gasteiger partial charge in [-0.3, -0.25) is 0 Å². The van der Waals surface area contributed by atoms with Crippen molar-refractivity contribution in [3.05, 3.63) is 29.3 Å². The molecule has 2 rings (SSSR count). The molecule has 4 heteroatoms. The Labute approximate surface area is 127 Å². The lowest BCUT2D eigenvalue weighted by Gasteiger charge is -2.42. The van der Waals surface area contributed by atoms with Crippen molar-refractivity contribution >= 4 is 0 Å². The largest absolute Gasteiger partial charge is 0.497 e. The van der Waals surface area contributed by atoms with Gasteiger partial charge in [0.15, 0.2) is 0 Å². The highest BCUT2D eigenvalue weighted by Gasteiger charge is 2.37. The number of hydrogen-bond donors (Lipinski definition) is 3. The van der Waals surface area contributed by atoms with Gasteiger partial charge in [-0.1, -0.05) is 13.0 Å². The van der Waals surface area contributed by atoms with Gasteiger partial charge in [-0.15, -0.1) is 0 Å². The summed E-state index contributed by atoms with van der Waals surface area (Å²) in [6.45, 7) is 4.90. The highest BCUT2D eigenvalue weighted by molar-refractivity contribution is 5.42. The summed E-state index contributed by atoms with van der Waals surface area (Å²) in [5.74, 6) is 1.07. The number of methoxy groups -OCH3 is 1. The number of ether oxygens (including phenoxy) is 1. The van der Waals surface area contributed by atoms with Crippen LogP contribution in [0.2, 0.25) is 0 Å². The van der Waals surface area contributed by atoms with Crippen LogP contribution in [0, 0.1) is 5.92 Å². The normalized spacial score (nSPS) is 24.2. The van der Waals surface area contributed by atoms with Crippen molar-refractivity contribution < 1.29 is 9.84 Å². The van der Waals surface area contributed by atoms with Crippen molar-refractivity contribution in [1.82, 2.24) is 5.32 Å². The number of hydrogen-bond acceptors (Lipinski definition) is 4. The molecule has 3 unspecified atom stereocenters. The summed E-state index contributed by atoms with van der Waals surface area (Å²) in [5, 5.41) is 13.1. The Balaban J connectivity index is 2.36. The Morgan fingerprint density at radius 2 is 2.19 bits per heavy atom. The van der Waals surface area contributed by atoms with Crippen molar-refractivity contribution in [2.45, 2.75) is 44.7 Å². The van der Waals surface area contributed by atoms with E-state index in [-0.39, 0.29) is 24.1 Å². The molecule has 3 atom stereocenters. The van der Waals surface area contributed by atoms with E-state index in [4.69, 9.17) is 10.5 Å². The summed E-state index contributed by atoms with van der Waals surface area (Å²) in [4.78, 5) is 0. The van der Waals surface area contributed by atoms with Crippen LogP contribution in [0.25, 0.3) is 0 Å². The lowest BCUT2D eigenvalue weighted by Crippen LogP contribution is -2.55. The molecule has 0 saturated heterocycles. The minimum Gasteiger partial charge on any atom is -0.497 e. The predicted molar refractivity (Wildman–Crippen MR) is 85.5 cm³/mol. The zero-order valence-electron chi connectivity index (χ0n) is 13.4. The zero-order chi connectivity index (χ0) is 15.5. The molecule has 118 valence electrons. The summed E-state index contributed by atoms with van der Waals surface area (Å²) < 4.78 is 5.38. The number of aliphatic hydroxyl groups is 1. The molecule has 21 heavy (non-hydrogen) atoms. The third-order valence-corrected chi connectivity index (χ3v) is 4.88. The van der Waals surface area contributed by atoms with E-state index >= 15 is 0 Å². The van der Waals surface area contributed by atoms with Crippen molar-refractivity contribution in [2.24, 2.45) is 11.7 Å². The molecule has 0 spiro atoms. The number of benzene rings is 1.